The Morgan fingerprint density at radius 3 is 2.64 bits per heavy atom. The predicted octanol–water partition coefficient (Wildman–Crippen LogP) is 3.04. The van der Waals surface area contributed by atoms with Gasteiger partial charge in [-0.15, -0.1) is 0 Å². The van der Waals surface area contributed by atoms with Gasteiger partial charge < -0.3 is 5.32 Å². The maximum atomic E-state index is 5.89. The van der Waals surface area contributed by atoms with Crippen LogP contribution in [0.4, 0.5) is 5.82 Å². The average Bonchev–Trinajstić information content (AvgIpc) is 2.13. The van der Waals surface area contributed by atoms with Crippen molar-refractivity contribution in [1.29, 1.82) is 0 Å². The van der Waals surface area contributed by atoms with E-state index in [1.165, 1.54) is 6.33 Å². The van der Waals surface area contributed by atoms with Crippen molar-refractivity contribution in [1.82, 2.24) is 9.97 Å². The van der Waals surface area contributed by atoms with Gasteiger partial charge in [-0.2, -0.15) is 0 Å². The topological polar surface area (TPSA) is 37.8 Å². The number of aromatic nitrogens is 2. The Bertz CT molecular complexity index is 323. The number of anilines is 1. The molecule has 1 aromatic heterocycles. The van der Waals surface area contributed by atoms with Gasteiger partial charge in [-0.3, -0.25) is 0 Å². The van der Waals surface area contributed by atoms with E-state index in [1.807, 2.05) is 6.92 Å². The number of rotatable bonds is 3. The van der Waals surface area contributed by atoms with Gasteiger partial charge >= 0.3 is 0 Å². The molecule has 0 aliphatic carbocycles. The number of halogens is 1. The highest BCUT2D eigenvalue weighted by Crippen LogP contribution is 2.22. The number of nitrogens with zero attached hydrogens (tertiary/aromatic N) is 2. The van der Waals surface area contributed by atoms with Crippen molar-refractivity contribution in [3.05, 3.63) is 17.0 Å². The Kier molecular flexibility index (Phi) is 3.32. The first-order valence-corrected chi connectivity index (χ1v) is 5.09. The standard InChI is InChI=1S/C10H16ClN3/c1-5-10(3,4)14-9-7(2)8(11)12-6-13-9/h6H,5H2,1-4H3,(H,12,13,14). The molecule has 0 radical (unpaired) electrons. The van der Waals surface area contributed by atoms with Gasteiger partial charge in [0.25, 0.3) is 0 Å². The van der Waals surface area contributed by atoms with Crippen LogP contribution in [-0.4, -0.2) is 15.5 Å². The van der Waals surface area contributed by atoms with E-state index in [-0.39, 0.29) is 5.54 Å². The van der Waals surface area contributed by atoms with Crippen LogP contribution in [0.1, 0.15) is 32.8 Å². The maximum Gasteiger partial charge on any atom is 0.137 e. The molecule has 0 aliphatic heterocycles. The molecule has 1 rings (SSSR count). The van der Waals surface area contributed by atoms with Gasteiger partial charge in [-0.25, -0.2) is 9.97 Å². The van der Waals surface area contributed by atoms with Gasteiger partial charge in [0.1, 0.15) is 17.3 Å². The van der Waals surface area contributed by atoms with Crippen LogP contribution in [0.3, 0.4) is 0 Å². The van der Waals surface area contributed by atoms with Crippen LogP contribution in [-0.2, 0) is 0 Å². The summed E-state index contributed by atoms with van der Waals surface area (Å²) in [4.78, 5) is 8.08. The lowest BCUT2D eigenvalue weighted by atomic mass is 10.0. The smallest absolute Gasteiger partial charge is 0.137 e. The van der Waals surface area contributed by atoms with Crippen molar-refractivity contribution in [2.24, 2.45) is 0 Å². The molecule has 0 spiro atoms. The molecule has 0 saturated heterocycles. The van der Waals surface area contributed by atoms with E-state index in [9.17, 15) is 0 Å². The fraction of sp³-hybridized carbons (Fsp3) is 0.600. The van der Waals surface area contributed by atoms with Crippen molar-refractivity contribution in [3.8, 4) is 0 Å². The van der Waals surface area contributed by atoms with Crippen molar-refractivity contribution in [2.75, 3.05) is 5.32 Å². The number of hydrogen-bond donors (Lipinski definition) is 1. The van der Waals surface area contributed by atoms with Crippen LogP contribution >= 0.6 is 11.6 Å². The second-order valence-electron chi connectivity index (χ2n) is 4.00. The summed E-state index contributed by atoms with van der Waals surface area (Å²) in [5.41, 5.74) is 0.929. The molecule has 1 N–H and O–H groups in total. The van der Waals surface area contributed by atoms with Gasteiger partial charge in [0.05, 0.1) is 0 Å². The molecule has 3 nitrogen and oxygen atoms in total. The summed E-state index contributed by atoms with van der Waals surface area (Å²) >= 11 is 5.89. The number of nitrogens with one attached hydrogen (secondary N) is 1. The molecule has 0 unspecified atom stereocenters. The first kappa shape index (κ1) is 11.2. The van der Waals surface area contributed by atoms with Crippen LogP contribution in [0, 0.1) is 6.92 Å². The van der Waals surface area contributed by atoms with Gasteiger partial charge in [0.2, 0.25) is 0 Å². The molecule has 14 heavy (non-hydrogen) atoms. The summed E-state index contributed by atoms with van der Waals surface area (Å²) in [5, 5.41) is 3.85. The van der Waals surface area contributed by atoms with Crippen molar-refractivity contribution < 1.29 is 0 Å². The highest BCUT2D eigenvalue weighted by Gasteiger charge is 2.16. The van der Waals surface area contributed by atoms with Crippen LogP contribution in [0.25, 0.3) is 0 Å². The summed E-state index contributed by atoms with van der Waals surface area (Å²) in [7, 11) is 0. The van der Waals surface area contributed by atoms with E-state index >= 15 is 0 Å². The van der Waals surface area contributed by atoms with E-state index in [2.05, 4.69) is 36.1 Å². The molecule has 1 heterocycles. The lowest BCUT2D eigenvalue weighted by Gasteiger charge is -2.26. The largest absolute Gasteiger partial charge is 0.365 e. The summed E-state index contributed by atoms with van der Waals surface area (Å²) in [6, 6.07) is 0. The third-order valence-electron chi connectivity index (χ3n) is 2.36. The summed E-state index contributed by atoms with van der Waals surface area (Å²) in [6.07, 6.45) is 2.50. The van der Waals surface area contributed by atoms with Crippen LogP contribution in [0.2, 0.25) is 5.15 Å². The Balaban J connectivity index is 2.92. The fourth-order valence-corrected chi connectivity index (χ4v) is 1.10. The molecule has 1 aromatic rings. The lowest BCUT2D eigenvalue weighted by molar-refractivity contribution is 0.544. The molecule has 0 aliphatic rings. The van der Waals surface area contributed by atoms with Gasteiger partial charge in [0, 0.05) is 11.1 Å². The van der Waals surface area contributed by atoms with Gasteiger partial charge in [-0.05, 0) is 27.2 Å². The Hall–Kier alpha value is -0.830. The molecule has 4 heteroatoms. The van der Waals surface area contributed by atoms with E-state index in [4.69, 9.17) is 11.6 Å². The third kappa shape index (κ3) is 2.58. The van der Waals surface area contributed by atoms with Gasteiger partial charge in [0.15, 0.2) is 0 Å². The summed E-state index contributed by atoms with van der Waals surface area (Å²) in [6.45, 7) is 8.30. The van der Waals surface area contributed by atoms with Crippen molar-refractivity contribution in [2.45, 2.75) is 39.7 Å². The first-order chi connectivity index (χ1) is 6.46. The highest BCUT2D eigenvalue weighted by molar-refractivity contribution is 6.30. The second-order valence-corrected chi connectivity index (χ2v) is 4.36. The van der Waals surface area contributed by atoms with Crippen molar-refractivity contribution in [3.63, 3.8) is 0 Å². The Labute approximate surface area is 89.9 Å². The van der Waals surface area contributed by atoms with E-state index in [0.29, 0.717) is 5.15 Å². The van der Waals surface area contributed by atoms with Crippen LogP contribution in [0.15, 0.2) is 6.33 Å². The summed E-state index contributed by atoms with van der Waals surface area (Å²) < 4.78 is 0. The predicted molar refractivity (Wildman–Crippen MR) is 59.8 cm³/mol. The van der Waals surface area contributed by atoms with E-state index in [0.717, 1.165) is 17.8 Å². The second kappa shape index (κ2) is 4.13. The first-order valence-electron chi connectivity index (χ1n) is 4.71. The zero-order valence-corrected chi connectivity index (χ0v) is 9.81. The zero-order chi connectivity index (χ0) is 10.8. The molecular formula is C10H16ClN3. The van der Waals surface area contributed by atoms with E-state index < -0.39 is 0 Å². The quantitative estimate of drug-likeness (QED) is 0.785. The van der Waals surface area contributed by atoms with Crippen LogP contribution < -0.4 is 5.32 Å². The Morgan fingerprint density at radius 1 is 1.43 bits per heavy atom. The minimum atomic E-state index is 0.0302. The molecule has 78 valence electrons. The third-order valence-corrected chi connectivity index (χ3v) is 2.74. The molecule has 0 amide bonds. The highest BCUT2D eigenvalue weighted by atomic mass is 35.5. The minimum Gasteiger partial charge on any atom is -0.365 e. The zero-order valence-electron chi connectivity index (χ0n) is 9.06. The normalized spacial score (nSPS) is 11.5. The molecular weight excluding hydrogens is 198 g/mol. The SMILES string of the molecule is CCC(C)(C)Nc1ncnc(Cl)c1C. The van der Waals surface area contributed by atoms with Crippen molar-refractivity contribution >= 4 is 17.4 Å². The average molecular weight is 214 g/mol. The Morgan fingerprint density at radius 2 is 2.07 bits per heavy atom. The molecule has 0 fully saturated rings. The molecule has 0 atom stereocenters. The fourth-order valence-electron chi connectivity index (χ4n) is 0.964. The molecule has 0 aromatic carbocycles. The van der Waals surface area contributed by atoms with Crippen LogP contribution in [0.5, 0.6) is 0 Å². The molecule has 0 bridgehead atoms. The monoisotopic (exact) mass is 213 g/mol. The maximum absolute atomic E-state index is 5.89. The molecule has 0 saturated carbocycles. The van der Waals surface area contributed by atoms with Gasteiger partial charge in [-0.1, -0.05) is 18.5 Å². The number of hydrogen-bond acceptors (Lipinski definition) is 3. The minimum absolute atomic E-state index is 0.0302. The summed E-state index contributed by atoms with van der Waals surface area (Å²) in [5.74, 6) is 0.817. The lowest BCUT2D eigenvalue weighted by Crippen LogP contribution is -2.30. The van der Waals surface area contributed by atoms with E-state index in [1.54, 1.807) is 0 Å².